The van der Waals surface area contributed by atoms with Crippen molar-refractivity contribution in [2.45, 2.75) is 20.8 Å². The molecule has 0 aliphatic carbocycles. The average molecular weight is 265 g/mol. The Hall–Kier alpha value is -1.12. The lowest BCUT2D eigenvalue weighted by molar-refractivity contribution is 0.104. The van der Waals surface area contributed by atoms with Gasteiger partial charge in [0, 0.05) is 15.5 Å². The van der Waals surface area contributed by atoms with Crippen LogP contribution in [0.4, 0.5) is 0 Å². The van der Waals surface area contributed by atoms with Crippen molar-refractivity contribution >= 4 is 28.7 Å². The number of hydrogen-bond acceptors (Lipinski definition) is 2. The van der Waals surface area contributed by atoms with Crippen molar-refractivity contribution in [1.29, 1.82) is 0 Å². The Balaban J connectivity index is 2.47. The molecule has 1 nitrogen and oxygen atoms in total. The highest BCUT2D eigenvalue weighted by atomic mass is 35.5. The quantitative estimate of drug-likeness (QED) is 0.727. The van der Waals surface area contributed by atoms with Crippen LogP contribution >= 0.6 is 22.9 Å². The summed E-state index contributed by atoms with van der Waals surface area (Å²) in [6, 6.07) is 7.43. The lowest BCUT2D eigenvalue weighted by atomic mass is 10.0. The summed E-state index contributed by atoms with van der Waals surface area (Å²) in [7, 11) is 0. The molecule has 0 spiro atoms. The number of rotatable bonds is 2. The van der Waals surface area contributed by atoms with Crippen LogP contribution in [-0.2, 0) is 0 Å². The molecule has 1 aromatic heterocycles. The molecule has 88 valence electrons. The molecule has 1 aromatic carbocycles. The van der Waals surface area contributed by atoms with Crippen molar-refractivity contribution in [3.63, 3.8) is 0 Å². The van der Waals surface area contributed by atoms with Gasteiger partial charge in [0.15, 0.2) is 0 Å². The van der Waals surface area contributed by atoms with Crippen LogP contribution in [-0.4, -0.2) is 5.78 Å². The van der Waals surface area contributed by atoms with Gasteiger partial charge in [0.2, 0.25) is 5.78 Å². The smallest absolute Gasteiger partial charge is 0.203 e. The molecular weight excluding hydrogens is 252 g/mol. The van der Waals surface area contributed by atoms with Crippen molar-refractivity contribution < 1.29 is 4.79 Å². The van der Waals surface area contributed by atoms with E-state index in [2.05, 4.69) is 0 Å². The third-order valence-corrected chi connectivity index (χ3v) is 4.07. The Bertz CT molecular complexity index is 584. The maximum Gasteiger partial charge on any atom is 0.203 e. The topological polar surface area (TPSA) is 17.1 Å². The molecule has 0 saturated carbocycles. The predicted molar refractivity (Wildman–Crippen MR) is 73.4 cm³/mol. The molecule has 0 aliphatic heterocycles. The molecule has 0 saturated heterocycles. The molecule has 0 aliphatic rings. The summed E-state index contributed by atoms with van der Waals surface area (Å²) in [5.41, 5.74) is 2.71. The Morgan fingerprint density at radius 2 is 1.82 bits per heavy atom. The van der Waals surface area contributed by atoms with Gasteiger partial charge in [-0.1, -0.05) is 11.6 Å². The molecule has 0 amide bonds. The van der Waals surface area contributed by atoms with E-state index in [0.717, 1.165) is 26.4 Å². The minimum atomic E-state index is 0.0924. The number of benzene rings is 1. The van der Waals surface area contributed by atoms with Gasteiger partial charge in [0.05, 0.1) is 4.88 Å². The fourth-order valence-electron chi connectivity index (χ4n) is 1.87. The summed E-state index contributed by atoms with van der Waals surface area (Å²) in [6.07, 6.45) is 0. The van der Waals surface area contributed by atoms with Gasteiger partial charge in [-0.25, -0.2) is 0 Å². The van der Waals surface area contributed by atoms with E-state index in [0.29, 0.717) is 5.02 Å². The summed E-state index contributed by atoms with van der Waals surface area (Å²) < 4.78 is 0. The first-order chi connectivity index (χ1) is 7.99. The zero-order valence-corrected chi connectivity index (χ0v) is 11.6. The molecule has 1 heterocycles. The van der Waals surface area contributed by atoms with Crippen LogP contribution in [0.3, 0.4) is 0 Å². The third kappa shape index (κ3) is 2.43. The van der Waals surface area contributed by atoms with Crippen molar-refractivity contribution in [1.82, 2.24) is 0 Å². The molecule has 0 radical (unpaired) electrons. The van der Waals surface area contributed by atoms with Gasteiger partial charge in [0.25, 0.3) is 0 Å². The lowest BCUT2D eigenvalue weighted by Crippen LogP contribution is -2.02. The van der Waals surface area contributed by atoms with Gasteiger partial charge in [-0.2, -0.15) is 0 Å². The monoisotopic (exact) mass is 264 g/mol. The zero-order valence-electron chi connectivity index (χ0n) is 10.0. The Kier molecular flexibility index (Phi) is 3.36. The Labute approximate surface area is 110 Å². The third-order valence-electron chi connectivity index (χ3n) is 2.68. The van der Waals surface area contributed by atoms with Gasteiger partial charge in [-0.05, 0) is 56.2 Å². The van der Waals surface area contributed by atoms with Crippen LogP contribution in [0.15, 0.2) is 24.3 Å². The molecule has 3 heteroatoms. The van der Waals surface area contributed by atoms with E-state index in [9.17, 15) is 4.79 Å². The highest BCUT2D eigenvalue weighted by molar-refractivity contribution is 7.14. The molecule has 2 aromatic rings. The van der Waals surface area contributed by atoms with E-state index in [1.165, 1.54) is 0 Å². The van der Waals surface area contributed by atoms with Crippen molar-refractivity contribution in [3.8, 4) is 0 Å². The van der Waals surface area contributed by atoms with Crippen LogP contribution in [0, 0.1) is 20.8 Å². The minimum Gasteiger partial charge on any atom is -0.288 e. The minimum absolute atomic E-state index is 0.0924. The summed E-state index contributed by atoms with van der Waals surface area (Å²) in [4.78, 5) is 14.4. The first-order valence-corrected chi connectivity index (χ1v) is 6.56. The van der Waals surface area contributed by atoms with Crippen LogP contribution in [0.25, 0.3) is 0 Å². The lowest BCUT2D eigenvalue weighted by Gasteiger charge is -2.04. The van der Waals surface area contributed by atoms with Crippen molar-refractivity contribution in [3.05, 3.63) is 55.7 Å². The number of aryl methyl sites for hydroxylation is 3. The molecule has 0 fully saturated rings. The van der Waals surface area contributed by atoms with Crippen molar-refractivity contribution in [2.75, 3.05) is 0 Å². The van der Waals surface area contributed by atoms with Gasteiger partial charge >= 0.3 is 0 Å². The second kappa shape index (κ2) is 4.63. The largest absolute Gasteiger partial charge is 0.288 e. The van der Waals surface area contributed by atoms with Gasteiger partial charge in [0.1, 0.15) is 0 Å². The summed E-state index contributed by atoms with van der Waals surface area (Å²) in [5.74, 6) is 0.0924. The van der Waals surface area contributed by atoms with Gasteiger partial charge in [-0.3, -0.25) is 4.79 Å². The van der Waals surface area contributed by atoms with E-state index in [1.54, 1.807) is 23.5 Å². The number of halogens is 1. The predicted octanol–water partition coefficient (Wildman–Crippen LogP) is 4.56. The number of ketones is 1. The van der Waals surface area contributed by atoms with E-state index in [4.69, 9.17) is 11.6 Å². The summed E-state index contributed by atoms with van der Waals surface area (Å²) in [6.45, 7) is 5.90. The van der Waals surface area contributed by atoms with Crippen LogP contribution in [0.2, 0.25) is 5.02 Å². The molecule has 17 heavy (non-hydrogen) atoms. The van der Waals surface area contributed by atoms with E-state index in [-0.39, 0.29) is 5.78 Å². The fraction of sp³-hybridized carbons (Fsp3) is 0.214. The molecule has 0 bridgehead atoms. The molecule has 0 atom stereocenters. The maximum atomic E-state index is 12.4. The van der Waals surface area contributed by atoms with Crippen LogP contribution in [0.1, 0.15) is 31.2 Å². The number of carbonyl (C=O) groups is 1. The number of thiophene rings is 1. The summed E-state index contributed by atoms with van der Waals surface area (Å²) in [5, 5.41) is 0.665. The fourth-order valence-corrected chi connectivity index (χ4v) is 3.08. The van der Waals surface area contributed by atoms with E-state index in [1.807, 2.05) is 32.9 Å². The first kappa shape index (κ1) is 12.3. The highest BCUT2D eigenvalue weighted by Crippen LogP contribution is 2.26. The summed E-state index contributed by atoms with van der Waals surface area (Å²) >= 11 is 7.44. The number of hydrogen-bond donors (Lipinski definition) is 0. The maximum absolute atomic E-state index is 12.4. The molecule has 0 unspecified atom stereocenters. The highest BCUT2D eigenvalue weighted by Gasteiger charge is 2.16. The molecule has 0 N–H and O–H groups in total. The van der Waals surface area contributed by atoms with Crippen molar-refractivity contribution in [2.24, 2.45) is 0 Å². The Morgan fingerprint density at radius 1 is 1.12 bits per heavy atom. The second-order valence-corrected chi connectivity index (χ2v) is 5.85. The van der Waals surface area contributed by atoms with Gasteiger partial charge < -0.3 is 0 Å². The van der Waals surface area contributed by atoms with Crippen LogP contribution < -0.4 is 0 Å². The van der Waals surface area contributed by atoms with E-state index < -0.39 is 0 Å². The van der Waals surface area contributed by atoms with Gasteiger partial charge in [-0.15, -0.1) is 11.3 Å². The first-order valence-electron chi connectivity index (χ1n) is 5.37. The molecule has 2 rings (SSSR count). The average Bonchev–Trinajstić information content (AvgIpc) is 2.57. The van der Waals surface area contributed by atoms with Crippen LogP contribution in [0.5, 0.6) is 0 Å². The second-order valence-electron chi connectivity index (χ2n) is 4.16. The SMILES string of the molecule is Cc1cc(C)c(C(=O)c2ccc(Cl)cc2C)s1. The Morgan fingerprint density at radius 3 is 2.35 bits per heavy atom. The standard InChI is InChI=1S/C14H13ClOS/c1-8-7-11(15)4-5-12(8)13(16)14-9(2)6-10(3)17-14/h4-7H,1-3H3. The van der Waals surface area contributed by atoms with E-state index >= 15 is 0 Å². The zero-order chi connectivity index (χ0) is 12.6. The molecular formula is C14H13ClOS. The normalized spacial score (nSPS) is 10.6. The number of carbonyl (C=O) groups excluding carboxylic acids is 1.